The summed E-state index contributed by atoms with van der Waals surface area (Å²) in [7, 11) is 0. The normalized spacial score (nSPS) is 12.6. The molecule has 0 aliphatic rings. The summed E-state index contributed by atoms with van der Waals surface area (Å²) in [5.41, 5.74) is 9.82. The average molecular weight is 443 g/mol. The highest BCUT2D eigenvalue weighted by Crippen LogP contribution is 2.38. The first kappa shape index (κ1) is 16.0. The number of hydrogen-bond donors (Lipinski definition) is 0. The van der Waals surface area contributed by atoms with Gasteiger partial charge in [0.15, 0.2) is 0 Å². The highest BCUT2D eigenvalue weighted by Gasteiger charge is 2.19. The van der Waals surface area contributed by atoms with Gasteiger partial charge in [-0.05, 0) is 108 Å². The van der Waals surface area contributed by atoms with Gasteiger partial charge in [0.25, 0.3) is 0 Å². The molecular formula is C18H20BrI. The Morgan fingerprint density at radius 3 is 1.85 bits per heavy atom. The van der Waals surface area contributed by atoms with Gasteiger partial charge in [-0.1, -0.05) is 28.1 Å². The SMILES string of the molecule is Cc1c(C)c(C)c(C(Br)c2cccc(I)c2)c(C)c1C. The third kappa shape index (κ3) is 2.82. The molecule has 1 unspecified atom stereocenters. The molecule has 2 heteroatoms. The van der Waals surface area contributed by atoms with Crippen LogP contribution in [0.4, 0.5) is 0 Å². The van der Waals surface area contributed by atoms with E-state index < -0.39 is 0 Å². The predicted molar refractivity (Wildman–Crippen MR) is 100 cm³/mol. The summed E-state index contributed by atoms with van der Waals surface area (Å²) in [6.45, 7) is 11.2. The van der Waals surface area contributed by atoms with E-state index in [1.54, 1.807) is 0 Å². The van der Waals surface area contributed by atoms with Crippen LogP contribution in [0, 0.1) is 38.2 Å². The zero-order chi connectivity index (χ0) is 15.0. The van der Waals surface area contributed by atoms with Crippen LogP contribution in [0.3, 0.4) is 0 Å². The summed E-state index contributed by atoms with van der Waals surface area (Å²) >= 11 is 6.29. The lowest BCUT2D eigenvalue weighted by Crippen LogP contribution is -2.05. The van der Waals surface area contributed by atoms with Gasteiger partial charge in [-0.15, -0.1) is 0 Å². The van der Waals surface area contributed by atoms with Crippen molar-refractivity contribution in [2.24, 2.45) is 0 Å². The van der Waals surface area contributed by atoms with Crippen molar-refractivity contribution in [3.05, 3.63) is 66.8 Å². The fourth-order valence-electron chi connectivity index (χ4n) is 2.74. The van der Waals surface area contributed by atoms with Crippen molar-refractivity contribution in [2.75, 3.05) is 0 Å². The second kappa shape index (κ2) is 6.18. The molecule has 0 fully saturated rings. The molecule has 20 heavy (non-hydrogen) atoms. The molecule has 0 bridgehead atoms. The molecule has 0 amide bonds. The van der Waals surface area contributed by atoms with Crippen LogP contribution in [0.15, 0.2) is 24.3 Å². The van der Waals surface area contributed by atoms with E-state index >= 15 is 0 Å². The molecular weight excluding hydrogens is 423 g/mol. The standard InChI is InChI=1S/C18H20BrI/c1-10-11(2)13(4)17(14(5)12(10)3)18(19)15-7-6-8-16(20)9-15/h6-9,18H,1-5H3. The molecule has 106 valence electrons. The third-order valence-corrected chi connectivity index (χ3v) is 6.11. The van der Waals surface area contributed by atoms with Gasteiger partial charge in [-0.2, -0.15) is 0 Å². The van der Waals surface area contributed by atoms with Gasteiger partial charge in [0, 0.05) is 3.57 Å². The Balaban J connectivity index is 2.64. The molecule has 0 aliphatic carbocycles. The molecule has 0 nitrogen and oxygen atoms in total. The van der Waals surface area contributed by atoms with Crippen molar-refractivity contribution in [3.63, 3.8) is 0 Å². The van der Waals surface area contributed by atoms with E-state index in [-0.39, 0.29) is 4.83 Å². The fourth-order valence-corrected chi connectivity index (χ4v) is 4.28. The molecule has 0 saturated heterocycles. The van der Waals surface area contributed by atoms with E-state index in [0.717, 1.165) is 0 Å². The summed E-state index contributed by atoms with van der Waals surface area (Å²) in [5, 5.41) is 0. The lowest BCUT2D eigenvalue weighted by atomic mass is 9.87. The molecule has 2 aromatic carbocycles. The number of benzene rings is 2. The Hall–Kier alpha value is -0.350. The first-order valence-electron chi connectivity index (χ1n) is 6.81. The van der Waals surface area contributed by atoms with Gasteiger partial charge >= 0.3 is 0 Å². The molecule has 0 heterocycles. The highest BCUT2D eigenvalue weighted by molar-refractivity contribution is 14.1. The van der Waals surface area contributed by atoms with Crippen molar-refractivity contribution in [1.29, 1.82) is 0 Å². The monoisotopic (exact) mass is 442 g/mol. The average Bonchev–Trinajstić information content (AvgIpc) is 2.43. The molecule has 0 N–H and O–H groups in total. The Morgan fingerprint density at radius 1 is 0.850 bits per heavy atom. The lowest BCUT2D eigenvalue weighted by Gasteiger charge is -2.22. The summed E-state index contributed by atoms with van der Waals surface area (Å²) in [6.07, 6.45) is 0. The van der Waals surface area contributed by atoms with Crippen molar-refractivity contribution < 1.29 is 0 Å². The minimum absolute atomic E-state index is 0.259. The number of hydrogen-bond acceptors (Lipinski definition) is 0. The number of alkyl halides is 1. The quantitative estimate of drug-likeness (QED) is 0.377. The molecule has 2 aromatic rings. The molecule has 2 rings (SSSR count). The van der Waals surface area contributed by atoms with E-state index in [9.17, 15) is 0 Å². The van der Waals surface area contributed by atoms with Crippen molar-refractivity contribution >= 4 is 38.5 Å². The molecule has 0 spiro atoms. The predicted octanol–water partition coefficient (Wildman–Crippen LogP) is 6.32. The largest absolute Gasteiger partial charge is 0.0786 e. The molecule has 0 aromatic heterocycles. The summed E-state index contributed by atoms with van der Waals surface area (Å²) in [5.74, 6) is 0. The Morgan fingerprint density at radius 2 is 1.35 bits per heavy atom. The van der Waals surface area contributed by atoms with E-state index in [0.29, 0.717) is 0 Å². The third-order valence-electron chi connectivity index (χ3n) is 4.45. The zero-order valence-electron chi connectivity index (χ0n) is 12.6. The van der Waals surface area contributed by atoms with Crippen LogP contribution in [0.25, 0.3) is 0 Å². The van der Waals surface area contributed by atoms with E-state index in [1.807, 2.05) is 0 Å². The molecule has 0 radical (unpaired) electrons. The van der Waals surface area contributed by atoms with Crippen LogP contribution in [-0.2, 0) is 0 Å². The summed E-state index contributed by atoms with van der Waals surface area (Å²) < 4.78 is 1.28. The van der Waals surface area contributed by atoms with Crippen molar-refractivity contribution in [3.8, 4) is 0 Å². The van der Waals surface area contributed by atoms with E-state index in [4.69, 9.17) is 0 Å². The number of rotatable bonds is 2. The van der Waals surface area contributed by atoms with Crippen molar-refractivity contribution in [1.82, 2.24) is 0 Å². The van der Waals surface area contributed by atoms with Crippen LogP contribution < -0.4 is 0 Å². The second-order valence-corrected chi connectivity index (χ2v) is 7.62. The van der Waals surface area contributed by atoms with Gasteiger partial charge in [0.2, 0.25) is 0 Å². The van der Waals surface area contributed by atoms with Gasteiger partial charge < -0.3 is 0 Å². The van der Waals surface area contributed by atoms with Crippen LogP contribution in [0.1, 0.15) is 43.8 Å². The minimum Gasteiger partial charge on any atom is -0.0786 e. The Kier molecular flexibility index (Phi) is 4.96. The van der Waals surface area contributed by atoms with Crippen LogP contribution >= 0.6 is 38.5 Å². The molecule has 1 atom stereocenters. The van der Waals surface area contributed by atoms with Gasteiger partial charge in [0.1, 0.15) is 0 Å². The van der Waals surface area contributed by atoms with Gasteiger partial charge in [0.05, 0.1) is 4.83 Å². The maximum Gasteiger partial charge on any atom is 0.0650 e. The maximum atomic E-state index is 3.92. The summed E-state index contributed by atoms with van der Waals surface area (Å²) in [6, 6.07) is 8.72. The van der Waals surface area contributed by atoms with Crippen LogP contribution in [0.2, 0.25) is 0 Å². The van der Waals surface area contributed by atoms with E-state index in [2.05, 4.69) is 97.4 Å². The minimum atomic E-state index is 0.259. The highest BCUT2D eigenvalue weighted by atomic mass is 127. The lowest BCUT2D eigenvalue weighted by molar-refractivity contribution is 1.05. The van der Waals surface area contributed by atoms with Crippen LogP contribution in [-0.4, -0.2) is 0 Å². The van der Waals surface area contributed by atoms with Gasteiger partial charge in [-0.25, -0.2) is 0 Å². The first-order valence-corrected chi connectivity index (χ1v) is 8.80. The topological polar surface area (TPSA) is 0 Å². The Bertz CT molecular complexity index is 630. The van der Waals surface area contributed by atoms with Gasteiger partial charge in [-0.3, -0.25) is 0 Å². The van der Waals surface area contributed by atoms with Crippen LogP contribution in [0.5, 0.6) is 0 Å². The molecule has 0 aliphatic heterocycles. The van der Waals surface area contributed by atoms with Crippen molar-refractivity contribution in [2.45, 2.75) is 39.4 Å². The zero-order valence-corrected chi connectivity index (χ0v) is 16.4. The molecule has 0 saturated carbocycles. The summed E-state index contributed by atoms with van der Waals surface area (Å²) in [4.78, 5) is 0.259. The smallest absolute Gasteiger partial charge is 0.0650 e. The van der Waals surface area contributed by atoms with E-state index in [1.165, 1.54) is 42.5 Å². The number of halogens is 2. The second-order valence-electron chi connectivity index (χ2n) is 5.46. The maximum absolute atomic E-state index is 3.92. The Labute approximate surface area is 144 Å². The first-order chi connectivity index (χ1) is 9.34. The fraction of sp³-hybridized carbons (Fsp3) is 0.333.